The third-order valence-corrected chi connectivity index (χ3v) is 1.000. The third kappa shape index (κ3) is 22.5. The van der Waals surface area contributed by atoms with Gasteiger partial charge in [0.1, 0.15) is 0 Å². The molecule has 0 fully saturated rings. The molecular weight excluding hydrogens is 152 g/mol. The maximum atomic E-state index is 4.73. The lowest BCUT2D eigenvalue weighted by atomic mass is 10.2. The fraction of sp³-hybridized carbons (Fsp3) is 1.00. The quantitative estimate of drug-likeness (QED) is 0.647. The van der Waals surface area contributed by atoms with Gasteiger partial charge in [-0.1, -0.05) is 13.8 Å². The Morgan fingerprint density at radius 1 is 1.33 bits per heavy atom. The molecule has 0 saturated heterocycles. The Hall–Kier alpha value is -0.120. The van der Waals surface area contributed by atoms with Crippen molar-refractivity contribution in [2.24, 2.45) is 5.92 Å². The summed E-state index contributed by atoms with van der Waals surface area (Å²) in [7, 11) is 7.58. The van der Waals surface area contributed by atoms with Crippen molar-refractivity contribution in [2.45, 2.75) is 13.8 Å². The molecule has 3 heteroatoms. The van der Waals surface area contributed by atoms with Gasteiger partial charge in [0.05, 0.1) is 6.73 Å². The predicted molar refractivity (Wildman–Crippen MR) is 54.3 cm³/mol. The molecule has 0 aromatic carbocycles. The number of nitrogens with zero attached hydrogens (tertiary/aromatic N) is 1. The molecule has 0 aliphatic carbocycles. The van der Waals surface area contributed by atoms with Crippen LogP contribution in [-0.4, -0.2) is 46.4 Å². The minimum atomic E-state index is 0.708. The molecule has 0 aliphatic rings. The SMILES string of the molecule is CNCC(C)C.COCN(C)C. The van der Waals surface area contributed by atoms with Crippen molar-refractivity contribution in [3.05, 3.63) is 0 Å². The van der Waals surface area contributed by atoms with Gasteiger partial charge < -0.3 is 10.1 Å². The average molecular weight is 176 g/mol. The first-order valence-electron chi connectivity index (χ1n) is 4.32. The molecule has 12 heavy (non-hydrogen) atoms. The van der Waals surface area contributed by atoms with Crippen LogP contribution in [0.1, 0.15) is 13.8 Å². The van der Waals surface area contributed by atoms with E-state index in [1.807, 2.05) is 26.0 Å². The van der Waals surface area contributed by atoms with Crippen molar-refractivity contribution in [1.29, 1.82) is 0 Å². The van der Waals surface area contributed by atoms with Crippen LogP contribution >= 0.6 is 0 Å². The van der Waals surface area contributed by atoms with Crippen molar-refractivity contribution in [1.82, 2.24) is 10.2 Å². The minimum absolute atomic E-state index is 0.708. The van der Waals surface area contributed by atoms with Gasteiger partial charge in [-0.2, -0.15) is 0 Å². The molecule has 0 saturated carbocycles. The molecule has 0 aliphatic heterocycles. The Balaban J connectivity index is 0. The van der Waals surface area contributed by atoms with Crippen LogP contribution in [0.4, 0.5) is 0 Å². The first-order valence-corrected chi connectivity index (χ1v) is 4.32. The van der Waals surface area contributed by atoms with Crippen LogP contribution in [0.5, 0.6) is 0 Å². The zero-order valence-corrected chi connectivity index (χ0v) is 9.35. The number of hydrogen-bond acceptors (Lipinski definition) is 3. The highest BCUT2D eigenvalue weighted by Crippen LogP contribution is 1.83. The number of rotatable bonds is 4. The van der Waals surface area contributed by atoms with E-state index in [-0.39, 0.29) is 0 Å². The fourth-order valence-electron chi connectivity index (χ4n) is 0.666. The highest BCUT2D eigenvalue weighted by atomic mass is 16.5. The summed E-state index contributed by atoms with van der Waals surface area (Å²) in [6, 6.07) is 0. The number of ether oxygens (including phenoxy) is 1. The van der Waals surface area contributed by atoms with Gasteiger partial charge in [0.25, 0.3) is 0 Å². The summed E-state index contributed by atoms with van der Waals surface area (Å²) in [5.74, 6) is 0.787. The van der Waals surface area contributed by atoms with Gasteiger partial charge in [0.2, 0.25) is 0 Å². The minimum Gasteiger partial charge on any atom is -0.369 e. The van der Waals surface area contributed by atoms with Crippen LogP contribution in [-0.2, 0) is 4.74 Å². The normalized spacial score (nSPS) is 10.0. The van der Waals surface area contributed by atoms with E-state index >= 15 is 0 Å². The zero-order chi connectivity index (χ0) is 9.98. The maximum absolute atomic E-state index is 4.73. The molecule has 0 bridgehead atoms. The van der Waals surface area contributed by atoms with E-state index in [2.05, 4.69) is 19.2 Å². The van der Waals surface area contributed by atoms with Gasteiger partial charge in [-0.25, -0.2) is 0 Å². The highest BCUT2D eigenvalue weighted by molar-refractivity contribution is 4.42. The Morgan fingerprint density at radius 3 is 1.83 bits per heavy atom. The summed E-state index contributed by atoms with van der Waals surface area (Å²) in [6.45, 7) is 6.22. The van der Waals surface area contributed by atoms with Gasteiger partial charge in [-0.3, -0.25) is 4.90 Å². The van der Waals surface area contributed by atoms with E-state index in [0.717, 1.165) is 12.5 Å². The molecule has 0 aromatic rings. The van der Waals surface area contributed by atoms with Crippen molar-refractivity contribution >= 4 is 0 Å². The van der Waals surface area contributed by atoms with Crippen LogP contribution in [0.2, 0.25) is 0 Å². The Morgan fingerprint density at radius 2 is 1.83 bits per heavy atom. The van der Waals surface area contributed by atoms with Gasteiger partial charge in [0.15, 0.2) is 0 Å². The molecule has 0 amide bonds. The number of hydrogen-bond donors (Lipinski definition) is 1. The van der Waals surface area contributed by atoms with E-state index in [0.29, 0.717) is 6.73 Å². The second-order valence-corrected chi connectivity index (χ2v) is 3.45. The van der Waals surface area contributed by atoms with E-state index in [1.165, 1.54) is 0 Å². The maximum Gasteiger partial charge on any atom is 0.0981 e. The van der Waals surface area contributed by atoms with Crippen LogP contribution in [0.15, 0.2) is 0 Å². The number of nitrogens with one attached hydrogen (secondary N) is 1. The summed E-state index contributed by atoms with van der Waals surface area (Å²) < 4.78 is 4.73. The first-order chi connectivity index (χ1) is 5.54. The zero-order valence-electron chi connectivity index (χ0n) is 9.35. The third-order valence-electron chi connectivity index (χ3n) is 1.000. The molecule has 0 unspecified atom stereocenters. The van der Waals surface area contributed by atoms with Crippen LogP contribution in [0, 0.1) is 5.92 Å². The first kappa shape index (κ1) is 14.4. The average Bonchev–Trinajstić information content (AvgIpc) is 1.87. The molecule has 0 aromatic heterocycles. The lowest BCUT2D eigenvalue weighted by molar-refractivity contribution is 0.0994. The Kier molecular flexibility index (Phi) is 13.1. The largest absolute Gasteiger partial charge is 0.369 e. The van der Waals surface area contributed by atoms with Crippen molar-refractivity contribution in [3.8, 4) is 0 Å². The lowest BCUT2D eigenvalue weighted by Gasteiger charge is -2.04. The highest BCUT2D eigenvalue weighted by Gasteiger charge is 1.84. The molecular formula is C9H24N2O. The van der Waals surface area contributed by atoms with Gasteiger partial charge in [-0.15, -0.1) is 0 Å². The monoisotopic (exact) mass is 176 g/mol. The van der Waals surface area contributed by atoms with Crippen molar-refractivity contribution in [3.63, 3.8) is 0 Å². The summed E-state index contributed by atoms with van der Waals surface area (Å²) >= 11 is 0. The summed E-state index contributed by atoms with van der Waals surface area (Å²) in [4.78, 5) is 1.96. The van der Waals surface area contributed by atoms with Crippen LogP contribution in [0.25, 0.3) is 0 Å². The smallest absolute Gasteiger partial charge is 0.0981 e. The van der Waals surface area contributed by atoms with E-state index < -0.39 is 0 Å². The second kappa shape index (κ2) is 10.9. The molecule has 3 nitrogen and oxygen atoms in total. The fourth-order valence-corrected chi connectivity index (χ4v) is 0.666. The molecule has 76 valence electrons. The summed E-state index contributed by atoms with van der Waals surface area (Å²) in [6.07, 6.45) is 0. The molecule has 1 N–H and O–H groups in total. The van der Waals surface area contributed by atoms with Crippen molar-refractivity contribution in [2.75, 3.05) is 41.5 Å². The Bertz CT molecular complexity index is 64.9. The van der Waals surface area contributed by atoms with E-state index in [9.17, 15) is 0 Å². The summed E-state index contributed by atoms with van der Waals surface area (Å²) in [5.41, 5.74) is 0. The van der Waals surface area contributed by atoms with Crippen LogP contribution < -0.4 is 5.32 Å². The molecule has 0 spiro atoms. The number of methoxy groups -OCH3 is 1. The predicted octanol–water partition coefficient (Wildman–Crippen LogP) is 1.01. The van der Waals surface area contributed by atoms with Gasteiger partial charge >= 0.3 is 0 Å². The molecule has 0 heterocycles. The molecule has 0 radical (unpaired) electrons. The second-order valence-electron chi connectivity index (χ2n) is 3.45. The van der Waals surface area contributed by atoms with E-state index in [1.54, 1.807) is 7.11 Å². The van der Waals surface area contributed by atoms with E-state index in [4.69, 9.17) is 4.74 Å². The molecule has 0 rings (SSSR count). The van der Waals surface area contributed by atoms with Gasteiger partial charge in [0, 0.05) is 7.11 Å². The van der Waals surface area contributed by atoms with Gasteiger partial charge in [-0.05, 0) is 33.6 Å². The summed E-state index contributed by atoms with van der Waals surface area (Å²) in [5, 5.41) is 3.07. The topological polar surface area (TPSA) is 24.5 Å². The standard InChI is InChI=1S/C5H13N.C4H11NO/c2*1-5(2)4-6-3/h5-6H,4H2,1-3H3;4H2,1-3H3. The Labute approximate surface area is 77.1 Å². The molecule has 0 atom stereocenters. The van der Waals surface area contributed by atoms with Crippen LogP contribution in [0.3, 0.4) is 0 Å². The van der Waals surface area contributed by atoms with Crippen molar-refractivity contribution < 1.29 is 4.74 Å². The lowest BCUT2D eigenvalue weighted by Crippen LogP contribution is -2.13.